The molecule has 1 heteroatoms. The fourth-order valence-corrected chi connectivity index (χ4v) is 2.87. The molecule has 0 bridgehead atoms. The molecule has 1 unspecified atom stereocenters. The van der Waals surface area contributed by atoms with Gasteiger partial charge in [-0.2, -0.15) is 0 Å². The molecule has 0 spiro atoms. The van der Waals surface area contributed by atoms with E-state index in [-0.39, 0.29) is 0 Å². The highest BCUT2D eigenvalue weighted by molar-refractivity contribution is 5.33. The number of hydrogen-bond acceptors (Lipinski definition) is 1. The highest BCUT2D eigenvalue weighted by Gasteiger charge is 2.19. The Morgan fingerprint density at radius 3 is 2.56 bits per heavy atom. The fraction of sp³-hybridized carbons (Fsp3) is 0.600. The molecule has 1 aliphatic rings. The molecule has 1 saturated carbocycles. The van der Waals surface area contributed by atoms with E-state index in [1.807, 2.05) is 0 Å². The van der Waals surface area contributed by atoms with Gasteiger partial charge in [0, 0.05) is 0 Å². The third-order valence-electron chi connectivity index (χ3n) is 3.93. The van der Waals surface area contributed by atoms with Crippen LogP contribution in [0.5, 0.6) is 0 Å². The standard InChI is InChI=1S/C15H23N/c1-12(11-16)14-9-5-6-10-15(14)13-7-3-2-4-8-13/h5-6,9-10,12-13H,2-4,7-8,11,16H2,1H3. The van der Waals surface area contributed by atoms with Gasteiger partial charge in [-0.05, 0) is 42.3 Å². The summed E-state index contributed by atoms with van der Waals surface area (Å²) < 4.78 is 0. The van der Waals surface area contributed by atoms with Gasteiger partial charge in [0.2, 0.25) is 0 Å². The van der Waals surface area contributed by atoms with E-state index in [1.54, 1.807) is 5.56 Å². The van der Waals surface area contributed by atoms with Gasteiger partial charge < -0.3 is 5.73 Å². The molecular formula is C15H23N. The maximum absolute atomic E-state index is 5.80. The van der Waals surface area contributed by atoms with Crippen molar-refractivity contribution in [3.05, 3.63) is 35.4 Å². The van der Waals surface area contributed by atoms with Crippen LogP contribution in [0.4, 0.5) is 0 Å². The minimum Gasteiger partial charge on any atom is -0.330 e. The quantitative estimate of drug-likeness (QED) is 0.819. The zero-order valence-corrected chi connectivity index (χ0v) is 10.3. The fourth-order valence-electron chi connectivity index (χ4n) is 2.87. The Morgan fingerprint density at radius 1 is 1.19 bits per heavy atom. The van der Waals surface area contributed by atoms with Crippen molar-refractivity contribution in [1.82, 2.24) is 0 Å². The summed E-state index contributed by atoms with van der Waals surface area (Å²) in [6.45, 7) is 2.99. The second kappa shape index (κ2) is 5.49. The summed E-state index contributed by atoms with van der Waals surface area (Å²) in [5.41, 5.74) is 8.86. The molecule has 0 amide bonds. The van der Waals surface area contributed by atoms with Crippen molar-refractivity contribution in [2.45, 2.75) is 50.9 Å². The maximum atomic E-state index is 5.80. The van der Waals surface area contributed by atoms with Gasteiger partial charge in [0.25, 0.3) is 0 Å². The Morgan fingerprint density at radius 2 is 1.88 bits per heavy atom. The van der Waals surface area contributed by atoms with E-state index in [2.05, 4.69) is 31.2 Å². The van der Waals surface area contributed by atoms with Crippen LogP contribution in [-0.2, 0) is 0 Å². The summed E-state index contributed by atoms with van der Waals surface area (Å²) in [6, 6.07) is 8.91. The molecule has 16 heavy (non-hydrogen) atoms. The Bertz CT molecular complexity index is 326. The topological polar surface area (TPSA) is 26.0 Å². The van der Waals surface area contributed by atoms with Crippen LogP contribution in [0.2, 0.25) is 0 Å². The lowest BCUT2D eigenvalue weighted by atomic mass is 9.80. The first-order valence-electron chi connectivity index (χ1n) is 6.62. The Labute approximate surface area is 99.0 Å². The van der Waals surface area contributed by atoms with E-state index >= 15 is 0 Å². The lowest BCUT2D eigenvalue weighted by Gasteiger charge is -2.26. The molecule has 1 aliphatic carbocycles. The third kappa shape index (κ3) is 2.46. The van der Waals surface area contributed by atoms with Crippen molar-refractivity contribution in [1.29, 1.82) is 0 Å². The predicted molar refractivity (Wildman–Crippen MR) is 69.7 cm³/mol. The van der Waals surface area contributed by atoms with E-state index in [1.165, 1.54) is 37.7 Å². The number of nitrogens with two attached hydrogens (primary N) is 1. The largest absolute Gasteiger partial charge is 0.330 e. The number of benzene rings is 1. The molecule has 1 atom stereocenters. The monoisotopic (exact) mass is 217 g/mol. The second-order valence-corrected chi connectivity index (χ2v) is 5.10. The molecule has 0 heterocycles. The van der Waals surface area contributed by atoms with E-state index in [4.69, 9.17) is 5.73 Å². The third-order valence-corrected chi connectivity index (χ3v) is 3.93. The summed E-state index contributed by atoms with van der Waals surface area (Å²) >= 11 is 0. The Balaban J connectivity index is 2.24. The van der Waals surface area contributed by atoms with Crippen molar-refractivity contribution in [2.75, 3.05) is 6.54 Å². The van der Waals surface area contributed by atoms with Crippen LogP contribution >= 0.6 is 0 Å². The van der Waals surface area contributed by atoms with Gasteiger partial charge in [-0.25, -0.2) is 0 Å². The van der Waals surface area contributed by atoms with Crippen LogP contribution in [0.25, 0.3) is 0 Å². The zero-order chi connectivity index (χ0) is 11.4. The van der Waals surface area contributed by atoms with Gasteiger partial charge in [0.15, 0.2) is 0 Å². The van der Waals surface area contributed by atoms with Gasteiger partial charge >= 0.3 is 0 Å². The molecule has 0 aromatic heterocycles. The van der Waals surface area contributed by atoms with Crippen molar-refractivity contribution < 1.29 is 0 Å². The van der Waals surface area contributed by atoms with Crippen LogP contribution < -0.4 is 5.73 Å². The minimum absolute atomic E-state index is 0.498. The summed E-state index contributed by atoms with van der Waals surface area (Å²) in [5, 5.41) is 0. The van der Waals surface area contributed by atoms with Crippen molar-refractivity contribution in [3.8, 4) is 0 Å². The van der Waals surface area contributed by atoms with Crippen molar-refractivity contribution in [2.24, 2.45) is 5.73 Å². The van der Waals surface area contributed by atoms with Gasteiger partial charge in [0.05, 0.1) is 0 Å². The molecule has 1 fully saturated rings. The number of hydrogen-bond donors (Lipinski definition) is 1. The molecule has 1 aromatic rings. The first-order valence-corrected chi connectivity index (χ1v) is 6.62. The van der Waals surface area contributed by atoms with Gasteiger partial charge in [-0.3, -0.25) is 0 Å². The number of rotatable bonds is 3. The van der Waals surface area contributed by atoms with Crippen LogP contribution in [0.1, 0.15) is 62.0 Å². The van der Waals surface area contributed by atoms with E-state index < -0.39 is 0 Å². The lowest BCUT2D eigenvalue weighted by molar-refractivity contribution is 0.440. The first kappa shape index (κ1) is 11.7. The van der Waals surface area contributed by atoms with Gasteiger partial charge in [-0.15, -0.1) is 0 Å². The van der Waals surface area contributed by atoms with Crippen LogP contribution in [0.15, 0.2) is 24.3 Å². The molecule has 1 nitrogen and oxygen atoms in total. The smallest absolute Gasteiger partial charge is 0.00108 e. The molecule has 2 N–H and O–H groups in total. The first-order chi connectivity index (χ1) is 7.83. The summed E-state index contributed by atoms with van der Waals surface area (Å²) in [7, 11) is 0. The summed E-state index contributed by atoms with van der Waals surface area (Å²) in [4.78, 5) is 0. The second-order valence-electron chi connectivity index (χ2n) is 5.10. The van der Waals surface area contributed by atoms with Crippen LogP contribution in [-0.4, -0.2) is 6.54 Å². The Hall–Kier alpha value is -0.820. The molecular weight excluding hydrogens is 194 g/mol. The van der Waals surface area contributed by atoms with Crippen LogP contribution in [0.3, 0.4) is 0 Å². The molecule has 0 radical (unpaired) electrons. The van der Waals surface area contributed by atoms with Crippen molar-refractivity contribution >= 4 is 0 Å². The SMILES string of the molecule is CC(CN)c1ccccc1C1CCCCC1. The summed E-state index contributed by atoms with van der Waals surface area (Å²) in [5.74, 6) is 1.29. The summed E-state index contributed by atoms with van der Waals surface area (Å²) in [6.07, 6.45) is 6.96. The highest BCUT2D eigenvalue weighted by atomic mass is 14.5. The van der Waals surface area contributed by atoms with Crippen molar-refractivity contribution in [3.63, 3.8) is 0 Å². The van der Waals surface area contributed by atoms with E-state index in [0.29, 0.717) is 5.92 Å². The lowest BCUT2D eigenvalue weighted by Crippen LogP contribution is -2.14. The van der Waals surface area contributed by atoms with E-state index in [0.717, 1.165) is 12.5 Å². The Kier molecular flexibility index (Phi) is 4.00. The molecule has 1 aromatic carbocycles. The highest BCUT2D eigenvalue weighted by Crippen LogP contribution is 2.36. The predicted octanol–water partition coefficient (Wildman–Crippen LogP) is 3.80. The average Bonchev–Trinajstić information content (AvgIpc) is 2.39. The molecule has 88 valence electrons. The van der Waals surface area contributed by atoms with Gasteiger partial charge in [-0.1, -0.05) is 50.5 Å². The molecule has 0 aliphatic heterocycles. The zero-order valence-electron chi connectivity index (χ0n) is 10.3. The normalized spacial score (nSPS) is 19.6. The molecule has 2 rings (SSSR count). The van der Waals surface area contributed by atoms with Gasteiger partial charge in [0.1, 0.15) is 0 Å². The maximum Gasteiger partial charge on any atom is -0.00108 e. The molecule has 0 saturated heterocycles. The minimum atomic E-state index is 0.498. The van der Waals surface area contributed by atoms with E-state index in [9.17, 15) is 0 Å². The van der Waals surface area contributed by atoms with Crippen LogP contribution in [0, 0.1) is 0 Å². The average molecular weight is 217 g/mol.